The first-order chi connectivity index (χ1) is 15.2. The molecule has 1 N–H and O–H groups in total. The van der Waals surface area contributed by atoms with Crippen LogP contribution >= 0.6 is 0 Å². The summed E-state index contributed by atoms with van der Waals surface area (Å²) in [4.78, 5) is 20.7. The SMILES string of the molecule is COc1ccc(C2=NOC3(CCN(C(=O)[C@H]4CCCN4)CC3)C2)cc1OC1CCCC1. The number of carbonyl (C=O) groups is 1. The van der Waals surface area contributed by atoms with Gasteiger partial charge in [-0.2, -0.15) is 0 Å². The molecule has 3 fully saturated rings. The molecule has 3 heterocycles. The van der Waals surface area contributed by atoms with Gasteiger partial charge in [0.25, 0.3) is 0 Å². The van der Waals surface area contributed by atoms with Gasteiger partial charge in [0, 0.05) is 37.9 Å². The van der Waals surface area contributed by atoms with E-state index in [0.717, 1.165) is 87.4 Å². The first kappa shape index (κ1) is 20.6. The van der Waals surface area contributed by atoms with Gasteiger partial charge in [0.05, 0.1) is 25.0 Å². The number of rotatable bonds is 5. The number of amides is 1. The van der Waals surface area contributed by atoms with Crippen molar-refractivity contribution in [2.24, 2.45) is 5.16 Å². The highest BCUT2D eigenvalue weighted by molar-refractivity contribution is 6.02. The van der Waals surface area contributed by atoms with E-state index in [4.69, 9.17) is 14.3 Å². The van der Waals surface area contributed by atoms with E-state index in [1.165, 1.54) is 12.8 Å². The van der Waals surface area contributed by atoms with E-state index in [9.17, 15) is 4.79 Å². The molecule has 4 aliphatic rings. The minimum absolute atomic E-state index is 0.00273. The summed E-state index contributed by atoms with van der Waals surface area (Å²) in [5, 5.41) is 7.78. The number of hydrogen-bond acceptors (Lipinski definition) is 6. The molecule has 0 bridgehead atoms. The Hall–Kier alpha value is -2.28. The van der Waals surface area contributed by atoms with Gasteiger partial charge < -0.3 is 24.5 Å². The number of nitrogens with one attached hydrogen (secondary N) is 1. The normalized spacial score (nSPS) is 25.5. The van der Waals surface area contributed by atoms with Crippen LogP contribution in [-0.2, 0) is 9.63 Å². The number of piperidine rings is 1. The van der Waals surface area contributed by atoms with Gasteiger partial charge in [-0.15, -0.1) is 0 Å². The van der Waals surface area contributed by atoms with Gasteiger partial charge in [-0.05, 0) is 63.3 Å². The highest BCUT2D eigenvalue weighted by atomic mass is 16.7. The second-order valence-corrected chi connectivity index (χ2v) is 9.35. The summed E-state index contributed by atoms with van der Waals surface area (Å²) in [5.74, 6) is 1.80. The van der Waals surface area contributed by atoms with Crippen LogP contribution in [0.15, 0.2) is 23.4 Å². The van der Waals surface area contributed by atoms with E-state index in [1.807, 2.05) is 23.1 Å². The van der Waals surface area contributed by atoms with Crippen LogP contribution in [0.4, 0.5) is 0 Å². The van der Waals surface area contributed by atoms with Crippen LogP contribution in [0.25, 0.3) is 0 Å². The molecule has 31 heavy (non-hydrogen) atoms. The van der Waals surface area contributed by atoms with Gasteiger partial charge in [0.1, 0.15) is 5.60 Å². The van der Waals surface area contributed by atoms with Gasteiger partial charge in [-0.1, -0.05) is 5.16 Å². The Kier molecular flexibility index (Phi) is 5.78. The van der Waals surface area contributed by atoms with Gasteiger partial charge in [-0.3, -0.25) is 4.79 Å². The second kappa shape index (κ2) is 8.69. The van der Waals surface area contributed by atoms with E-state index in [0.29, 0.717) is 0 Å². The Labute approximate surface area is 184 Å². The number of nitrogens with zero attached hydrogens (tertiary/aromatic N) is 2. The quantitative estimate of drug-likeness (QED) is 0.781. The third kappa shape index (κ3) is 4.25. The van der Waals surface area contributed by atoms with E-state index < -0.39 is 0 Å². The Morgan fingerprint density at radius 3 is 2.68 bits per heavy atom. The molecule has 1 aliphatic carbocycles. The molecule has 5 rings (SSSR count). The predicted molar refractivity (Wildman–Crippen MR) is 118 cm³/mol. The monoisotopic (exact) mass is 427 g/mol. The van der Waals surface area contributed by atoms with Crippen molar-refractivity contribution in [2.75, 3.05) is 26.7 Å². The lowest BCUT2D eigenvalue weighted by atomic mass is 9.85. The number of ether oxygens (including phenoxy) is 2. The lowest BCUT2D eigenvalue weighted by Crippen LogP contribution is -2.51. The Morgan fingerprint density at radius 2 is 1.97 bits per heavy atom. The van der Waals surface area contributed by atoms with E-state index in [2.05, 4.69) is 10.5 Å². The molecule has 1 spiro atoms. The number of methoxy groups -OCH3 is 1. The minimum atomic E-state index is -0.290. The highest BCUT2D eigenvalue weighted by Crippen LogP contribution is 2.38. The van der Waals surface area contributed by atoms with Crippen molar-refractivity contribution >= 4 is 11.6 Å². The van der Waals surface area contributed by atoms with Crippen molar-refractivity contribution in [1.82, 2.24) is 10.2 Å². The minimum Gasteiger partial charge on any atom is -0.493 e. The van der Waals surface area contributed by atoms with Crippen LogP contribution < -0.4 is 14.8 Å². The average molecular weight is 428 g/mol. The summed E-state index contributed by atoms with van der Waals surface area (Å²) >= 11 is 0. The number of oxime groups is 1. The molecule has 7 heteroatoms. The first-order valence-corrected chi connectivity index (χ1v) is 11.8. The van der Waals surface area contributed by atoms with Crippen molar-refractivity contribution in [3.05, 3.63) is 23.8 Å². The number of benzene rings is 1. The zero-order valence-electron chi connectivity index (χ0n) is 18.4. The van der Waals surface area contributed by atoms with Crippen molar-refractivity contribution in [3.8, 4) is 11.5 Å². The smallest absolute Gasteiger partial charge is 0.239 e. The molecule has 1 saturated carbocycles. The zero-order valence-corrected chi connectivity index (χ0v) is 18.4. The summed E-state index contributed by atoms with van der Waals surface area (Å²) in [6.45, 7) is 2.42. The molecule has 1 aromatic rings. The fourth-order valence-electron chi connectivity index (χ4n) is 5.33. The van der Waals surface area contributed by atoms with E-state index in [-0.39, 0.29) is 23.7 Å². The van der Waals surface area contributed by atoms with Crippen LogP contribution in [0.5, 0.6) is 11.5 Å². The maximum Gasteiger partial charge on any atom is 0.239 e. The maximum atomic E-state index is 12.7. The summed E-state index contributed by atoms with van der Waals surface area (Å²) in [6, 6.07) is 6.04. The molecular formula is C24H33N3O4. The Balaban J connectivity index is 1.22. The van der Waals surface area contributed by atoms with E-state index in [1.54, 1.807) is 7.11 Å². The lowest BCUT2D eigenvalue weighted by molar-refractivity contribution is -0.138. The van der Waals surface area contributed by atoms with Crippen molar-refractivity contribution in [2.45, 2.75) is 75.5 Å². The molecule has 0 radical (unpaired) electrons. The highest BCUT2D eigenvalue weighted by Gasteiger charge is 2.44. The largest absolute Gasteiger partial charge is 0.493 e. The summed E-state index contributed by atoms with van der Waals surface area (Å²) in [6.07, 6.45) is 9.38. The van der Waals surface area contributed by atoms with Crippen LogP contribution in [0, 0.1) is 0 Å². The van der Waals surface area contributed by atoms with Crippen molar-refractivity contribution in [3.63, 3.8) is 0 Å². The standard InChI is InChI=1S/C24H33N3O4/c1-29-21-9-8-17(15-22(21)30-18-5-2-3-6-18)20-16-24(31-26-20)10-13-27(14-11-24)23(28)19-7-4-12-25-19/h8-9,15,18-19,25H,2-7,10-14,16H2,1H3/t19-/m1/s1. The number of carbonyl (C=O) groups excluding carboxylic acids is 1. The van der Waals surface area contributed by atoms with Gasteiger partial charge >= 0.3 is 0 Å². The van der Waals surface area contributed by atoms with Crippen LogP contribution in [-0.4, -0.2) is 61.0 Å². The molecule has 0 unspecified atom stereocenters. The van der Waals surface area contributed by atoms with Gasteiger partial charge in [0.2, 0.25) is 5.91 Å². The maximum absolute atomic E-state index is 12.7. The van der Waals surface area contributed by atoms with Crippen LogP contribution in [0.2, 0.25) is 0 Å². The van der Waals surface area contributed by atoms with Gasteiger partial charge in [0.15, 0.2) is 11.5 Å². The summed E-state index contributed by atoms with van der Waals surface area (Å²) in [5.41, 5.74) is 1.69. The fourth-order valence-corrected chi connectivity index (χ4v) is 5.33. The summed E-state index contributed by atoms with van der Waals surface area (Å²) in [7, 11) is 1.68. The molecule has 2 saturated heterocycles. The third-order valence-electron chi connectivity index (χ3n) is 7.28. The van der Waals surface area contributed by atoms with Crippen LogP contribution in [0.3, 0.4) is 0 Å². The number of hydrogen-bond donors (Lipinski definition) is 1. The number of likely N-dealkylation sites (tertiary alicyclic amines) is 1. The first-order valence-electron chi connectivity index (χ1n) is 11.8. The molecule has 3 aliphatic heterocycles. The van der Waals surface area contributed by atoms with Crippen LogP contribution in [0.1, 0.15) is 63.4 Å². The molecular weight excluding hydrogens is 394 g/mol. The Morgan fingerprint density at radius 1 is 1.16 bits per heavy atom. The molecule has 168 valence electrons. The van der Waals surface area contributed by atoms with E-state index >= 15 is 0 Å². The molecule has 1 atom stereocenters. The zero-order chi connectivity index (χ0) is 21.3. The van der Waals surface area contributed by atoms with Crippen molar-refractivity contribution < 1.29 is 19.1 Å². The third-order valence-corrected chi connectivity index (χ3v) is 7.28. The average Bonchev–Trinajstić information content (AvgIpc) is 3.57. The fraction of sp³-hybridized carbons (Fsp3) is 0.667. The predicted octanol–water partition coefficient (Wildman–Crippen LogP) is 3.25. The molecule has 0 aromatic heterocycles. The lowest BCUT2D eigenvalue weighted by Gasteiger charge is -2.38. The molecule has 1 aromatic carbocycles. The van der Waals surface area contributed by atoms with Crippen molar-refractivity contribution in [1.29, 1.82) is 0 Å². The second-order valence-electron chi connectivity index (χ2n) is 9.35. The summed E-state index contributed by atoms with van der Waals surface area (Å²) < 4.78 is 11.8. The van der Waals surface area contributed by atoms with Gasteiger partial charge in [-0.25, -0.2) is 0 Å². The topological polar surface area (TPSA) is 72.4 Å². The Bertz CT molecular complexity index is 835. The molecule has 7 nitrogen and oxygen atoms in total. The molecule has 1 amide bonds.